The van der Waals surface area contributed by atoms with E-state index in [1.165, 1.54) is 0 Å². The van der Waals surface area contributed by atoms with E-state index >= 15 is 0 Å². The van der Waals surface area contributed by atoms with E-state index in [-0.39, 0.29) is 11.8 Å². The molecule has 2 aromatic rings. The van der Waals surface area contributed by atoms with Gasteiger partial charge >= 0.3 is 0 Å². The molecule has 2 aromatic carbocycles. The summed E-state index contributed by atoms with van der Waals surface area (Å²) in [5, 5.41) is 6.13. The molecule has 0 bridgehead atoms. The van der Waals surface area contributed by atoms with Crippen molar-refractivity contribution in [1.29, 1.82) is 0 Å². The van der Waals surface area contributed by atoms with Crippen LogP contribution in [-0.4, -0.2) is 37.1 Å². The van der Waals surface area contributed by atoms with Crippen LogP contribution in [0.25, 0.3) is 0 Å². The third kappa shape index (κ3) is 11.7. The number of hydrogen-bond donors (Lipinski definition) is 2. The summed E-state index contributed by atoms with van der Waals surface area (Å²) in [7, 11) is 0. The molecule has 6 heteroatoms. The highest BCUT2D eigenvalue weighted by Gasteiger charge is 2.21. The normalized spacial score (nSPS) is 14.0. The fourth-order valence-electron chi connectivity index (χ4n) is 4.99. The first-order valence-electron chi connectivity index (χ1n) is 16.4. The van der Waals surface area contributed by atoms with Crippen LogP contribution in [0, 0.1) is 0 Å². The Morgan fingerprint density at radius 3 is 1.29 bits per heavy atom. The standard InChI is InChI=1S/C36H56N2O4/c1-7-27(5)29-21-15-17-23-33(29)41-31(9-3)35(39)37-25-19-13-11-12-14-20-26-38-36(40)32(10-4)42-34-24-18-16-22-30(34)28(6)8-2/h15-18,21-24,27-28,31-32H,7-14,19-20,25-26H2,1-6H3,(H,37,39)(H,38,40). The molecule has 0 fully saturated rings. The van der Waals surface area contributed by atoms with Crippen LogP contribution in [0.1, 0.15) is 129 Å². The zero-order valence-corrected chi connectivity index (χ0v) is 27.0. The largest absolute Gasteiger partial charge is 0.480 e. The van der Waals surface area contributed by atoms with Crippen LogP contribution in [0.5, 0.6) is 11.5 Å². The lowest BCUT2D eigenvalue weighted by atomic mass is 9.98. The summed E-state index contributed by atoms with van der Waals surface area (Å²) in [4.78, 5) is 25.5. The Balaban J connectivity index is 1.60. The first-order valence-corrected chi connectivity index (χ1v) is 16.4. The minimum Gasteiger partial charge on any atom is -0.480 e. The Morgan fingerprint density at radius 1 is 0.571 bits per heavy atom. The molecule has 6 nitrogen and oxygen atoms in total. The van der Waals surface area contributed by atoms with Gasteiger partial charge in [0.1, 0.15) is 11.5 Å². The molecule has 2 amide bonds. The summed E-state index contributed by atoms with van der Waals surface area (Å²) < 4.78 is 12.3. The molecule has 2 N–H and O–H groups in total. The van der Waals surface area contributed by atoms with Gasteiger partial charge in [0.25, 0.3) is 11.8 Å². The lowest BCUT2D eigenvalue weighted by molar-refractivity contribution is -0.128. The number of carbonyl (C=O) groups excluding carboxylic acids is 2. The molecule has 2 rings (SSSR count). The van der Waals surface area contributed by atoms with Crippen LogP contribution < -0.4 is 20.1 Å². The minimum absolute atomic E-state index is 0.0371. The van der Waals surface area contributed by atoms with E-state index in [9.17, 15) is 9.59 Å². The molecule has 0 spiro atoms. The number of ether oxygens (including phenoxy) is 2. The van der Waals surface area contributed by atoms with Gasteiger partial charge in [0.15, 0.2) is 12.2 Å². The average molecular weight is 581 g/mol. The van der Waals surface area contributed by atoms with E-state index in [0.29, 0.717) is 37.8 Å². The van der Waals surface area contributed by atoms with Crippen molar-refractivity contribution in [2.75, 3.05) is 13.1 Å². The lowest BCUT2D eigenvalue weighted by Crippen LogP contribution is -2.38. The summed E-state index contributed by atoms with van der Waals surface area (Å²) in [6.07, 6.45) is 8.66. The maximum Gasteiger partial charge on any atom is 0.261 e. The van der Waals surface area contributed by atoms with Crippen molar-refractivity contribution in [3.8, 4) is 11.5 Å². The zero-order chi connectivity index (χ0) is 30.7. The first kappa shape index (κ1) is 35.2. The molecule has 0 aromatic heterocycles. The summed E-state index contributed by atoms with van der Waals surface area (Å²) in [5.41, 5.74) is 2.32. The minimum atomic E-state index is -0.474. The topological polar surface area (TPSA) is 76.7 Å². The number of unbranched alkanes of at least 4 members (excludes halogenated alkanes) is 5. The molecule has 0 aliphatic heterocycles. The van der Waals surface area contributed by atoms with E-state index in [4.69, 9.17) is 9.47 Å². The lowest BCUT2D eigenvalue weighted by Gasteiger charge is -2.21. The van der Waals surface area contributed by atoms with Gasteiger partial charge in [-0.1, -0.05) is 104 Å². The SMILES string of the molecule is CCC(Oc1ccccc1C(C)CC)C(=O)NCCCCCCCCNC(=O)C(CC)Oc1ccccc1C(C)CC. The Morgan fingerprint density at radius 2 is 0.929 bits per heavy atom. The molecule has 0 saturated carbocycles. The second-order valence-electron chi connectivity index (χ2n) is 11.4. The summed E-state index contributed by atoms with van der Waals surface area (Å²) in [6, 6.07) is 16.1. The van der Waals surface area contributed by atoms with Gasteiger partial charge < -0.3 is 20.1 Å². The molecule has 0 radical (unpaired) electrons. The van der Waals surface area contributed by atoms with Gasteiger partial charge in [-0.3, -0.25) is 9.59 Å². The van der Waals surface area contributed by atoms with Crippen LogP contribution in [0.3, 0.4) is 0 Å². The number of nitrogens with one attached hydrogen (secondary N) is 2. The highest BCUT2D eigenvalue weighted by atomic mass is 16.5. The van der Waals surface area contributed by atoms with Crippen LogP contribution in [0.15, 0.2) is 48.5 Å². The van der Waals surface area contributed by atoms with E-state index in [1.54, 1.807) is 0 Å². The Kier molecular flexibility index (Phi) is 16.7. The van der Waals surface area contributed by atoms with Crippen LogP contribution in [0.4, 0.5) is 0 Å². The Hall–Kier alpha value is -3.02. The summed E-state index contributed by atoms with van der Waals surface area (Å²) >= 11 is 0. The molecule has 4 atom stereocenters. The molecular formula is C36H56N2O4. The molecule has 0 saturated heterocycles. The Bertz CT molecular complexity index is 973. The number of benzene rings is 2. The third-order valence-electron chi connectivity index (χ3n) is 8.19. The molecule has 42 heavy (non-hydrogen) atoms. The van der Waals surface area contributed by atoms with Crippen molar-refractivity contribution in [2.24, 2.45) is 0 Å². The quantitative estimate of drug-likeness (QED) is 0.146. The number of para-hydroxylation sites is 2. The van der Waals surface area contributed by atoms with Crippen molar-refractivity contribution in [3.63, 3.8) is 0 Å². The van der Waals surface area contributed by atoms with Gasteiger partial charge in [-0.05, 0) is 73.6 Å². The second kappa shape index (κ2) is 20.0. The van der Waals surface area contributed by atoms with E-state index in [0.717, 1.165) is 74.0 Å². The predicted octanol–water partition coefficient (Wildman–Crippen LogP) is 8.30. The molecule has 0 heterocycles. The van der Waals surface area contributed by atoms with Gasteiger partial charge in [-0.2, -0.15) is 0 Å². The summed E-state index contributed by atoms with van der Waals surface area (Å²) in [5.74, 6) is 2.34. The number of rotatable bonds is 21. The van der Waals surface area contributed by atoms with Crippen molar-refractivity contribution in [3.05, 3.63) is 59.7 Å². The van der Waals surface area contributed by atoms with Crippen molar-refractivity contribution < 1.29 is 19.1 Å². The number of amides is 2. The highest BCUT2D eigenvalue weighted by Crippen LogP contribution is 2.30. The average Bonchev–Trinajstić information content (AvgIpc) is 3.02. The van der Waals surface area contributed by atoms with Gasteiger partial charge in [-0.25, -0.2) is 0 Å². The Labute approximate surface area is 255 Å². The van der Waals surface area contributed by atoms with Crippen molar-refractivity contribution in [1.82, 2.24) is 10.6 Å². The van der Waals surface area contributed by atoms with E-state index < -0.39 is 12.2 Å². The van der Waals surface area contributed by atoms with Gasteiger partial charge in [0.2, 0.25) is 0 Å². The molecular weight excluding hydrogens is 524 g/mol. The molecule has 0 aliphatic carbocycles. The molecule has 234 valence electrons. The smallest absolute Gasteiger partial charge is 0.261 e. The van der Waals surface area contributed by atoms with Crippen LogP contribution in [0.2, 0.25) is 0 Å². The number of hydrogen-bond acceptors (Lipinski definition) is 4. The third-order valence-corrected chi connectivity index (χ3v) is 8.19. The zero-order valence-electron chi connectivity index (χ0n) is 27.0. The highest BCUT2D eigenvalue weighted by molar-refractivity contribution is 5.81. The van der Waals surface area contributed by atoms with E-state index in [2.05, 4.69) is 50.5 Å². The maximum atomic E-state index is 12.7. The van der Waals surface area contributed by atoms with Gasteiger partial charge in [0.05, 0.1) is 0 Å². The van der Waals surface area contributed by atoms with Crippen LogP contribution in [-0.2, 0) is 9.59 Å². The van der Waals surface area contributed by atoms with Crippen molar-refractivity contribution in [2.45, 2.75) is 130 Å². The number of carbonyl (C=O) groups is 2. The molecule has 0 aliphatic rings. The van der Waals surface area contributed by atoms with E-state index in [1.807, 2.05) is 50.2 Å². The first-order chi connectivity index (χ1) is 20.4. The maximum absolute atomic E-state index is 12.7. The second-order valence-corrected chi connectivity index (χ2v) is 11.4. The summed E-state index contributed by atoms with van der Waals surface area (Å²) in [6.45, 7) is 14.0. The predicted molar refractivity (Wildman–Crippen MR) is 173 cm³/mol. The molecule has 4 unspecified atom stereocenters. The monoisotopic (exact) mass is 580 g/mol. The fourth-order valence-corrected chi connectivity index (χ4v) is 4.99. The fraction of sp³-hybridized carbons (Fsp3) is 0.611. The van der Waals surface area contributed by atoms with Gasteiger partial charge in [-0.15, -0.1) is 0 Å². The van der Waals surface area contributed by atoms with Gasteiger partial charge in [0, 0.05) is 13.1 Å². The van der Waals surface area contributed by atoms with Crippen molar-refractivity contribution >= 4 is 11.8 Å². The van der Waals surface area contributed by atoms with Crippen LogP contribution >= 0.6 is 0 Å².